The number of nitrogens with one attached hydrogen (secondary N) is 1. The summed E-state index contributed by atoms with van der Waals surface area (Å²) >= 11 is 0. The van der Waals surface area contributed by atoms with E-state index in [0.29, 0.717) is 11.4 Å². The summed E-state index contributed by atoms with van der Waals surface area (Å²) in [5.41, 5.74) is 2.16. The first-order valence-electron chi connectivity index (χ1n) is 8.50. The van der Waals surface area contributed by atoms with Crippen LogP contribution in [-0.4, -0.2) is 21.4 Å². The van der Waals surface area contributed by atoms with Gasteiger partial charge in [-0.1, -0.05) is 18.2 Å². The number of anilines is 2. The Morgan fingerprint density at radius 3 is 2.32 bits per heavy atom. The van der Waals surface area contributed by atoms with Crippen molar-refractivity contribution in [1.29, 1.82) is 0 Å². The Hall–Kier alpha value is -3.19. The molecule has 144 valence electrons. The van der Waals surface area contributed by atoms with Gasteiger partial charge in [-0.2, -0.15) is 0 Å². The number of nitrogens with zero attached hydrogens (tertiary/aromatic N) is 1. The van der Waals surface area contributed by atoms with E-state index in [2.05, 4.69) is 5.32 Å². The molecule has 3 aromatic rings. The summed E-state index contributed by atoms with van der Waals surface area (Å²) in [6, 6.07) is 18.2. The van der Waals surface area contributed by atoms with Crippen LogP contribution in [0, 0.1) is 12.7 Å². The molecule has 3 rings (SSSR count). The van der Waals surface area contributed by atoms with Crippen molar-refractivity contribution in [3.63, 3.8) is 0 Å². The Balaban J connectivity index is 1.87. The van der Waals surface area contributed by atoms with Crippen LogP contribution in [0.2, 0.25) is 0 Å². The van der Waals surface area contributed by atoms with Crippen LogP contribution in [0.5, 0.6) is 0 Å². The summed E-state index contributed by atoms with van der Waals surface area (Å²) in [6.45, 7) is 1.91. The number of amides is 1. The lowest BCUT2D eigenvalue weighted by Gasteiger charge is -2.19. The first-order valence-corrected chi connectivity index (χ1v) is 9.94. The highest BCUT2D eigenvalue weighted by molar-refractivity contribution is 7.92. The molecule has 1 amide bonds. The van der Waals surface area contributed by atoms with Crippen molar-refractivity contribution >= 4 is 27.3 Å². The number of carbonyl (C=O) groups excluding carboxylic acids is 1. The van der Waals surface area contributed by atoms with Crippen LogP contribution in [0.1, 0.15) is 15.9 Å². The maximum atomic E-state index is 13.1. The predicted octanol–water partition coefficient (Wildman–Crippen LogP) is 4.21. The maximum absolute atomic E-state index is 13.1. The average Bonchev–Trinajstić information content (AvgIpc) is 2.68. The summed E-state index contributed by atoms with van der Waals surface area (Å²) in [5.74, 6) is -0.864. The summed E-state index contributed by atoms with van der Waals surface area (Å²) in [6.07, 6.45) is 0. The van der Waals surface area contributed by atoms with E-state index < -0.39 is 21.7 Å². The molecule has 0 fully saturated rings. The molecule has 28 heavy (non-hydrogen) atoms. The van der Waals surface area contributed by atoms with Gasteiger partial charge >= 0.3 is 0 Å². The highest BCUT2D eigenvalue weighted by Crippen LogP contribution is 2.23. The van der Waals surface area contributed by atoms with E-state index >= 15 is 0 Å². The lowest BCUT2D eigenvalue weighted by molar-refractivity contribution is 0.102. The Bertz CT molecular complexity index is 1110. The summed E-state index contributed by atoms with van der Waals surface area (Å²) in [7, 11) is -2.53. The molecule has 0 unspecified atom stereocenters. The molecular weight excluding hydrogens is 379 g/mol. The van der Waals surface area contributed by atoms with E-state index in [9.17, 15) is 17.6 Å². The fourth-order valence-electron chi connectivity index (χ4n) is 2.67. The molecule has 0 atom stereocenters. The molecule has 3 aromatic carbocycles. The fraction of sp³-hybridized carbons (Fsp3) is 0.0952. The quantitative estimate of drug-likeness (QED) is 0.700. The topological polar surface area (TPSA) is 66.5 Å². The molecule has 0 saturated carbocycles. The van der Waals surface area contributed by atoms with Crippen molar-refractivity contribution in [3.8, 4) is 0 Å². The van der Waals surface area contributed by atoms with E-state index in [1.807, 2.05) is 25.1 Å². The number of carbonyl (C=O) groups is 1. The first-order chi connectivity index (χ1) is 13.3. The minimum Gasteiger partial charge on any atom is -0.322 e. The maximum Gasteiger partial charge on any atom is 0.264 e. The first kappa shape index (κ1) is 19.6. The normalized spacial score (nSPS) is 11.1. The monoisotopic (exact) mass is 398 g/mol. The van der Waals surface area contributed by atoms with Crippen LogP contribution in [0.3, 0.4) is 0 Å². The second kappa shape index (κ2) is 7.82. The zero-order valence-corrected chi connectivity index (χ0v) is 16.2. The van der Waals surface area contributed by atoms with E-state index in [1.54, 1.807) is 12.1 Å². The molecule has 7 heteroatoms. The van der Waals surface area contributed by atoms with Gasteiger partial charge in [0.1, 0.15) is 5.82 Å². The van der Waals surface area contributed by atoms with Crippen LogP contribution in [0.15, 0.2) is 77.7 Å². The third-order valence-electron chi connectivity index (χ3n) is 4.22. The van der Waals surface area contributed by atoms with E-state index in [0.717, 1.165) is 9.87 Å². The largest absolute Gasteiger partial charge is 0.322 e. The Kier molecular flexibility index (Phi) is 5.46. The molecule has 0 aliphatic heterocycles. The van der Waals surface area contributed by atoms with Crippen LogP contribution >= 0.6 is 0 Å². The number of rotatable bonds is 5. The van der Waals surface area contributed by atoms with Gasteiger partial charge < -0.3 is 5.32 Å². The molecule has 0 aliphatic rings. The number of sulfonamides is 1. The minimum absolute atomic E-state index is 0.0313. The Morgan fingerprint density at radius 2 is 1.64 bits per heavy atom. The van der Waals surface area contributed by atoms with E-state index in [1.165, 1.54) is 49.5 Å². The second-order valence-corrected chi connectivity index (χ2v) is 8.27. The van der Waals surface area contributed by atoms with Crippen molar-refractivity contribution < 1.29 is 17.6 Å². The molecule has 5 nitrogen and oxygen atoms in total. The average molecular weight is 398 g/mol. The molecule has 0 saturated heterocycles. The van der Waals surface area contributed by atoms with Crippen molar-refractivity contribution in [2.24, 2.45) is 0 Å². The SMILES string of the molecule is Cc1cccc(NC(=O)c2cccc(S(=O)(=O)N(C)c3ccc(F)cc3)c2)c1. The third-order valence-corrected chi connectivity index (χ3v) is 6.00. The molecule has 0 spiro atoms. The van der Waals surface area contributed by atoms with Crippen LogP contribution in [0.4, 0.5) is 15.8 Å². The molecule has 0 bridgehead atoms. The van der Waals surface area contributed by atoms with Gasteiger partial charge in [0, 0.05) is 18.3 Å². The van der Waals surface area contributed by atoms with Gasteiger partial charge in [0.25, 0.3) is 15.9 Å². The zero-order chi connectivity index (χ0) is 20.3. The van der Waals surface area contributed by atoms with Crippen molar-refractivity contribution in [2.45, 2.75) is 11.8 Å². The lowest BCUT2D eigenvalue weighted by Crippen LogP contribution is -2.26. The van der Waals surface area contributed by atoms with Crippen molar-refractivity contribution in [1.82, 2.24) is 0 Å². The number of benzene rings is 3. The smallest absolute Gasteiger partial charge is 0.264 e. The Labute approximate surface area is 163 Å². The van der Waals surface area contributed by atoms with Gasteiger partial charge in [-0.15, -0.1) is 0 Å². The van der Waals surface area contributed by atoms with Gasteiger partial charge in [-0.25, -0.2) is 12.8 Å². The van der Waals surface area contributed by atoms with Crippen LogP contribution in [0.25, 0.3) is 0 Å². The molecule has 1 N–H and O–H groups in total. The van der Waals surface area contributed by atoms with Gasteiger partial charge in [0.15, 0.2) is 0 Å². The molecule has 0 radical (unpaired) electrons. The Morgan fingerprint density at radius 1 is 0.964 bits per heavy atom. The van der Waals surface area contributed by atoms with Gasteiger partial charge in [0.05, 0.1) is 10.6 Å². The number of hydrogen-bond acceptors (Lipinski definition) is 3. The predicted molar refractivity (Wildman–Crippen MR) is 108 cm³/mol. The second-order valence-electron chi connectivity index (χ2n) is 6.30. The highest BCUT2D eigenvalue weighted by atomic mass is 32.2. The zero-order valence-electron chi connectivity index (χ0n) is 15.4. The number of aryl methyl sites for hydroxylation is 1. The summed E-state index contributed by atoms with van der Waals surface area (Å²) < 4.78 is 39.9. The van der Waals surface area contributed by atoms with E-state index in [-0.39, 0.29) is 10.5 Å². The van der Waals surface area contributed by atoms with Crippen LogP contribution in [-0.2, 0) is 10.0 Å². The molecule has 0 heterocycles. The number of halogens is 1. The van der Waals surface area contributed by atoms with Crippen LogP contribution < -0.4 is 9.62 Å². The standard InChI is InChI=1S/C21H19FN2O3S/c1-15-5-3-7-18(13-15)23-21(25)16-6-4-8-20(14-16)28(26,27)24(2)19-11-9-17(22)10-12-19/h3-14H,1-2H3,(H,23,25). The molecular formula is C21H19FN2O3S. The van der Waals surface area contributed by atoms with Crippen molar-refractivity contribution in [3.05, 3.63) is 89.7 Å². The van der Waals surface area contributed by atoms with Gasteiger partial charge in [0.2, 0.25) is 0 Å². The van der Waals surface area contributed by atoms with Crippen molar-refractivity contribution in [2.75, 3.05) is 16.7 Å². The van der Waals surface area contributed by atoms with Gasteiger partial charge in [-0.05, 0) is 67.1 Å². The molecule has 0 aromatic heterocycles. The third kappa shape index (κ3) is 4.20. The van der Waals surface area contributed by atoms with E-state index in [4.69, 9.17) is 0 Å². The number of hydrogen-bond donors (Lipinski definition) is 1. The lowest BCUT2D eigenvalue weighted by atomic mass is 10.2. The van der Waals surface area contributed by atoms with Gasteiger partial charge in [-0.3, -0.25) is 9.10 Å². The summed E-state index contributed by atoms with van der Waals surface area (Å²) in [4.78, 5) is 12.5. The fourth-order valence-corrected chi connectivity index (χ4v) is 3.91. The summed E-state index contributed by atoms with van der Waals surface area (Å²) in [5, 5.41) is 2.76. The molecule has 0 aliphatic carbocycles. The highest BCUT2D eigenvalue weighted by Gasteiger charge is 2.22. The minimum atomic E-state index is -3.91.